The zero-order valence-electron chi connectivity index (χ0n) is 12.6. The van der Waals surface area contributed by atoms with Gasteiger partial charge in [-0.2, -0.15) is 0 Å². The Morgan fingerprint density at radius 1 is 1.33 bits per heavy atom. The quantitative estimate of drug-likeness (QED) is 0.781. The minimum Gasteiger partial charge on any atom is -0.469 e. The van der Waals surface area contributed by atoms with Crippen LogP contribution in [0.25, 0.3) is 0 Å². The third-order valence-corrected chi connectivity index (χ3v) is 4.03. The number of aromatic nitrogens is 1. The third-order valence-electron chi connectivity index (χ3n) is 4.03. The molecule has 0 saturated heterocycles. The largest absolute Gasteiger partial charge is 0.469 e. The number of amides is 1. The summed E-state index contributed by atoms with van der Waals surface area (Å²) >= 11 is 0. The van der Waals surface area contributed by atoms with E-state index in [0.29, 0.717) is 12.1 Å². The van der Waals surface area contributed by atoms with Crippen LogP contribution in [0.2, 0.25) is 0 Å². The highest BCUT2D eigenvalue weighted by Crippen LogP contribution is 2.26. The van der Waals surface area contributed by atoms with E-state index in [1.165, 1.54) is 7.11 Å². The Kier molecular flexibility index (Phi) is 5.31. The maximum absolute atomic E-state index is 12.7. The molecule has 1 fully saturated rings. The Morgan fingerprint density at radius 2 is 1.95 bits per heavy atom. The lowest BCUT2D eigenvalue weighted by Gasteiger charge is -2.31. The summed E-state index contributed by atoms with van der Waals surface area (Å²) in [5.41, 5.74) is 0.619. The average molecular weight is 290 g/mol. The second-order valence-corrected chi connectivity index (χ2v) is 5.56. The van der Waals surface area contributed by atoms with Crippen LogP contribution in [0.1, 0.15) is 43.0 Å². The van der Waals surface area contributed by atoms with Crippen molar-refractivity contribution >= 4 is 11.9 Å². The number of esters is 1. The van der Waals surface area contributed by atoms with Crippen LogP contribution in [-0.2, 0) is 9.53 Å². The van der Waals surface area contributed by atoms with Gasteiger partial charge in [-0.05, 0) is 25.0 Å². The van der Waals surface area contributed by atoms with E-state index in [-0.39, 0.29) is 23.8 Å². The van der Waals surface area contributed by atoms with Crippen LogP contribution in [0.5, 0.6) is 0 Å². The van der Waals surface area contributed by atoms with Gasteiger partial charge in [0.2, 0.25) is 0 Å². The normalized spacial score (nSPS) is 16.5. The summed E-state index contributed by atoms with van der Waals surface area (Å²) in [4.78, 5) is 30.2. The van der Waals surface area contributed by atoms with Crippen LogP contribution in [0, 0.1) is 5.92 Å². The van der Waals surface area contributed by atoms with Gasteiger partial charge in [0.25, 0.3) is 5.91 Å². The molecule has 2 rings (SSSR count). The van der Waals surface area contributed by atoms with Gasteiger partial charge < -0.3 is 9.64 Å². The zero-order valence-corrected chi connectivity index (χ0v) is 12.6. The summed E-state index contributed by atoms with van der Waals surface area (Å²) in [7, 11) is 1.38. The molecule has 1 aromatic rings. The summed E-state index contributed by atoms with van der Waals surface area (Å²) in [5, 5.41) is 0. The Hall–Kier alpha value is -1.91. The lowest BCUT2D eigenvalue weighted by Crippen LogP contribution is -2.43. The highest BCUT2D eigenvalue weighted by molar-refractivity contribution is 5.94. The molecule has 0 bridgehead atoms. The fraction of sp³-hybridized carbons (Fsp3) is 0.562. The van der Waals surface area contributed by atoms with E-state index < -0.39 is 0 Å². The Morgan fingerprint density at radius 3 is 2.52 bits per heavy atom. The van der Waals surface area contributed by atoms with Crippen molar-refractivity contribution in [1.29, 1.82) is 0 Å². The molecular weight excluding hydrogens is 268 g/mol. The van der Waals surface area contributed by atoms with Crippen molar-refractivity contribution in [2.45, 2.75) is 38.6 Å². The van der Waals surface area contributed by atoms with Crippen molar-refractivity contribution in [2.24, 2.45) is 5.92 Å². The number of pyridine rings is 1. The predicted octanol–water partition coefficient (Wildman–Crippen LogP) is 2.28. The Bertz CT molecular complexity index is 484. The van der Waals surface area contributed by atoms with Gasteiger partial charge in [0.1, 0.15) is 0 Å². The standard InChI is InChI=1S/C16H22N2O3/c1-12(16(20)21-2)11-18(14-5-3-4-6-14)15(19)13-7-9-17-10-8-13/h7-10,12,14H,3-6,11H2,1-2H3. The molecule has 1 amide bonds. The van der Waals surface area contributed by atoms with E-state index >= 15 is 0 Å². The molecular formula is C16H22N2O3. The molecule has 0 radical (unpaired) electrons. The van der Waals surface area contributed by atoms with Crippen molar-refractivity contribution in [3.8, 4) is 0 Å². The summed E-state index contributed by atoms with van der Waals surface area (Å²) in [6.45, 7) is 2.20. The molecule has 0 aliphatic heterocycles. The molecule has 1 saturated carbocycles. The first-order valence-electron chi connectivity index (χ1n) is 7.42. The van der Waals surface area contributed by atoms with Crippen LogP contribution in [0.3, 0.4) is 0 Å². The van der Waals surface area contributed by atoms with Gasteiger partial charge in [0, 0.05) is 30.5 Å². The predicted molar refractivity (Wildman–Crippen MR) is 78.7 cm³/mol. The first-order chi connectivity index (χ1) is 10.1. The molecule has 1 heterocycles. The SMILES string of the molecule is COC(=O)C(C)CN(C(=O)c1ccncc1)C1CCCC1. The van der Waals surface area contributed by atoms with Crippen molar-refractivity contribution in [3.05, 3.63) is 30.1 Å². The van der Waals surface area contributed by atoms with Crippen molar-refractivity contribution in [3.63, 3.8) is 0 Å². The third kappa shape index (κ3) is 3.80. The summed E-state index contributed by atoms with van der Waals surface area (Å²) < 4.78 is 4.77. The van der Waals surface area contributed by atoms with Gasteiger partial charge in [0.15, 0.2) is 0 Å². The number of hydrogen-bond acceptors (Lipinski definition) is 4. The van der Waals surface area contributed by atoms with Crippen LogP contribution in [0.4, 0.5) is 0 Å². The zero-order chi connectivity index (χ0) is 15.2. The second-order valence-electron chi connectivity index (χ2n) is 5.56. The van der Waals surface area contributed by atoms with E-state index in [9.17, 15) is 9.59 Å². The number of carbonyl (C=O) groups excluding carboxylic acids is 2. The van der Waals surface area contributed by atoms with E-state index in [0.717, 1.165) is 25.7 Å². The summed E-state index contributed by atoms with van der Waals surface area (Å²) in [5.74, 6) is -0.623. The monoisotopic (exact) mass is 290 g/mol. The average Bonchev–Trinajstić information content (AvgIpc) is 3.05. The van der Waals surface area contributed by atoms with Gasteiger partial charge in [-0.3, -0.25) is 14.6 Å². The molecule has 114 valence electrons. The molecule has 1 unspecified atom stereocenters. The molecule has 5 heteroatoms. The number of methoxy groups -OCH3 is 1. The van der Waals surface area contributed by atoms with E-state index in [4.69, 9.17) is 4.74 Å². The van der Waals surface area contributed by atoms with Crippen LogP contribution >= 0.6 is 0 Å². The molecule has 5 nitrogen and oxygen atoms in total. The molecule has 0 aromatic carbocycles. The van der Waals surface area contributed by atoms with Gasteiger partial charge in [-0.1, -0.05) is 19.8 Å². The molecule has 0 N–H and O–H groups in total. The molecule has 0 spiro atoms. The first kappa shape index (κ1) is 15.5. The maximum atomic E-state index is 12.7. The van der Waals surface area contributed by atoms with E-state index in [1.54, 1.807) is 31.5 Å². The molecule has 21 heavy (non-hydrogen) atoms. The second kappa shape index (κ2) is 7.20. The van der Waals surface area contributed by atoms with Gasteiger partial charge in [-0.15, -0.1) is 0 Å². The van der Waals surface area contributed by atoms with E-state index in [1.807, 2.05) is 4.90 Å². The number of nitrogens with zero attached hydrogens (tertiary/aromatic N) is 2. The van der Waals surface area contributed by atoms with Crippen LogP contribution in [0.15, 0.2) is 24.5 Å². The fourth-order valence-electron chi connectivity index (χ4n) is 2.84. The fourth-order valence-corrected chi connectivity index (χ4v) is 2.84. The number of rotatable bonds is 5. The summed E-state index contributed by atoms with van der Waals surface area (Å²) in [6, 6.07) is 3.65. The molecule has 1 aliphatic rings. The molecule has 1 aromatic heterocycles. The Labute approximate surface area is 125 Å². The van der Waals surface area contributed by atoms with Gasteiger partial charge in [-0.25, -0.2) is 0 Å². The van der Waals surface area contributed by atoms with E-state index in [2.05, 4.69) is 4.98 Å². The van der Waals surface area contributed by atoms with Gasteiger partial charge in [0.05, 0.1) is 13.0 Å². The van der Waals surface area contributed by atoms with Crippen molar-refractivity contribution < 1.29 is 14.3 Å². The highest BCUT2D eigenvalue weighted by atomic mass is 16.5. The minimum absolute atomic E-state index is 0.0277. The number of ether oxygens (including phenoxy) is 1. The van der Waals surface area contributed by atoms with Crippen LogP contribution < -0.4 is 0 Å². The molecule has 1 aliphatic carbocycles. The van der Waals surface area contributed by atoms with Crippen molar-refractivity contribution in [1.82, 2.24) is 9.88 Å². The smallest absolute Gasteiger partial charge is 0.310 e. The van der Waals surface area contributed by atoms with Crippen LogP contribution in [-0.4, -0.2) is 41.5 Å². The summed E-state index contributed by atoms with van der Waals surface area (Å²) in [6.07, 6.45) is 7.51. The molecule has 1 atom stereocenters. The van der Waals surface area contributed by atoms with Gasteiger partial charge >= 0.3 is 5.97 Å². The van der Waals surface area contributed by atoms with Crippen molar-refractivity contribution in [2.75, 3.05) is 13.7 Å². The lowest BCUT2D eigenvalue weighted by molar-refractivity contribution is -0.145. The Balaban J connectivity index is 2.15. The highest BCUT2D eigenvalue weighted by Gasteiger charge is 2.30. The maximum Gasteiger partial charge on any atom is 0.310 e. The topological polar surface area (TPSA) is 59.5 Å². The minimum atomic E-state index is -0.318. The number of hydrogen-bond donors (Lipinski definition) is 0. The lowest BCUT2D eigenvalue weighted by atomic mass is 10.1. The number of carbonyl (C=O) groups is 2. The first-order valence-corrected chi connectivity index (χ1v) is 7.42.